The molecule has 2 aromatic rings. The van der Waals surface area contributed by atoms with Gasteiger partial charge in [-0.1, -0.05) is 0 Å². The van der Waals surface area contributed by atoms with E-state index in [1.165, 1.54) is 0 Å². The molecule has 3 heterocycles. The lowest BCUT2D eigenvalue weighted by Crippen LogP contribution is -2.49. The molecule has 3 rings (SSSR count). The minimum atomic E-state index is -4.81. The summed E-state index contributed by atoms with van der Waals surface area (Å²) in [5.74, 6) is -0.0290. The average molecular weight is 475 g/mol. The number of aryl methyl sites for hydroxylation is 1. The molecule has 2 N–H and O–H groups in total. The van der Waals surface area contributed by atoms with Crippen molar-refractivity contribution in [1.29, 1.82) is 0 Å². The maximum Gasteiger partial charge on any atom is 0.423 e. The molecule has 1 amide bonds. The number of ether oxygens (including phenoxy) is 1. The molecule has 13 heteroatoms. The summed E-state index contributed by atoms with van der Waals surface area (Å²) in [7, 11) is 0. The molecule has 0 saturated carbocycles. The maximum atomic E-state index is 13.1. The summed E-state index contributed by atoms with van der Waals surface area (Å²) in [6, 6.07) is -0.528. The van der Waals surface area contributed by atoms with Crippen LogP contribution in [0, 0.1) is 6.92 Å². The topological polar surface area (TPSA) is 103 Å². The molecule has 2 aromatic heterocycles. The highest BCUT2D eigenvalue weighted by Crippen LogP contribution is 2.31. The lowest BCUT2D eigenvalue weighted by molar-refractivity contribution is -0.138. The van der Waals surface area contributed by atoms with Crippen LogP contribution in [0.15, 0.2) is 17.2 Å². The van der Waals surface area contributed by atoms with Crippen LogP contribution in [0.5, 0.6) is 0 Å². The Morgan fingerprint density at radius 3 is 2.66 bits per heavy atom. The number of anilines is 2. The zero-order valence-corrected chi connectivity index (χ0v) is 18.6. The lowest BCUT2D eigenvalue weighted by atomic mass is 10.2. The van der Waals surface area contributed by atoms with Crippen molar-refractivity contribution in [2.75, 3.05) is 49.6 Å². The summed E-state index contributed by atoms with van der Waals surface area (Å²) in [6.45, 7) is 6.46. The van der Waals surface area contributed by atoms with Gasteiger partial charge in [-0.2, -0.15) is 18.3 Å². The van der Waals surface area contributed by atoms with E-state index in [0.29, 0.717) is 26.2 Å². The Kier molecular flexibility index (Phi) is 7.72. The number of carbonyl (C=O) groups excluding carboxylic acids is 1. The van der Waals surface area contributed by atoms with E-state index in [4.69, 9.17) is 4.74 Å². The van der Waals surface area contributed by atoms with Crippen molar-refractivity contribution in [3.05, 3.63) is 33.2 Å². The van der Waals surface area contributed by atoms with Crippen molar-refractivity contribution in [3.8, 4) is 0 Å². The molecular weight excluding hydrogens is 449 g/mol. The van der Waals surface area contributed by atoms with E-state index < -0.39 is 29.0 Å². The summed E-state index contributed by atoms with van der Waals surface area (Å²) in [5, 5.41) is 8.76. The quantitative estimate of drug-likeness (QED) is 0.565. The number of rotatable bonds is 8. The van der Waals surface area contributed by atoms with Gasteiger partial charge in [-0.3, -0.25) is 9.59 Å². The summed E-state index contributed by atoms with van der Waals surface area (Å²) >= 11 is 1.63. The van der Waals surface area contributed by atoms with Crippen molar-refractivity contribution in [2.24, 2.45) is 0 Å². The predicted octanol–water partition coefficient (Wildman–Crippen LogP) is 2.11. The number of aromatic amines is 1. The van der Waals surface area contributed by atoms with Gasteiger partial charge in [0.2, 0.25) is 5.91 Å². The molecule has 0 bridgehead atoms. The average Bonchev–Trinajstić information content (AvgIpc) is 3.16. The number of alkyl halides is 3. The first-order chi connectivity index (χ1) is 15.1. The van der Waals surface area contributed by atoms with Crippen molar-refractivity contribution >= 4 is 28.1 Å². The van der Waals surface area contributed by atoms with E-state index in [1.807, 2.05) is 13.1 Å². The largest absolute Gasteiger partial charge is 0.423 e. The molecule has 0 radical (unpaired) electrons. The molecule has 1 atom stereocenters. The lowest BCUT2D eigenvalue weighted by Gasteiger charge is -2.34. The van der Waals surface area contributed by atoms with Crippen LogP contribution in [0.4, 0.5) is 24.0 Å². The molecule has 1 aliphatic heterocycles. The molecule has 0 aliphatic carbocycles. The Balaban J connectivity index is 1.39. The molecule has 176 valence electrons. The molecular formula is C19H25F3N6O3S. The van der Waals surface area contributed by atoms with Gasteiger partial charge in [-0.15, -0.1) is 11.3 Å². The van der Waals surface area contributed by atoms with Crippen LogP contribution in [0.3, 0.4) is 0 Å². The Hall–Kier alpha value is -2.67. The van der Waals surface area contributed by atoms with Gasteiger partial charge >= 0.3 is 6.18 Å². The van der Waals surface area contributed by atoms with E-state index in [1.54, 1.807) is 28.3 Å². The van der Waals surface area contributed by atoms with Crippen LogP contribution in [0.2, 0.25) is 0 Å². The number of halogens is 3. The highest BCUT2D eigenvalue weighted by atomic mass is 32.1. The van der Waals surface area contributed by atoms with Crippen LogP contribution in [-0.4, -0.2) is 71.4 Å². The highest BCUT2D eigenvalue weighted by Gasteiger charge is 2.37. The Bertz CT molecular complexity index is 972. The summed E-state index contributed by atoms with van der Waals surface area (Å²) in [5.41, 5.74) is -3.06. The number of nitrogens with zero attached hydrogens (tertiary/aromatic N) is 4. The number of amides is 1. The Labute approximate surface area is 186 Å². The molecule has 0 spiro atoms. The molecule has 0 unspecified atom stereocenters. The fourth-order valence-electron chi connectivity index (χ4n) is 3.31. The van der Waals surface area contributed by atoms with E-state index in [9.17, 15) is 22.8 Å². The molecule has 0 aromatic carbocycles. The third kappa shape index (κ3) is 6.19. The minimum absolute atomic E-state index is 0.0290. The Morgan fingerprint density at radius 1 is 1.31 bits per heavy atom. The van der Waals surface area contributed by atoms with Gasteiger partial charge in [0.1, 0.15) is 5.56 Å². The van der Waals surface area contributed by atoms with Crippen LogP contribution in [-0.2, 0) is 15.7 Å². The standard InChI is InChI=1S/C19H25F3N6O3S/c1-12(25-14-10-24-26-17(30)16(14)19(20,21)22)11-31-8-3-15(29)27-4-6-28(7-5-27)18-23-9-13(2)32-18/h9-10,12H,3-8,11H2,1-2H3,(H2,25,26,30)/t12-/m0/s1. The maximum absolute atomic E-state index is 13.1. The monoisotopic (exact) mass is 474 g/mol. The van der Waals surface area contributed by atoms with Crippen LogP contribution < -0.4 is 15.8 Å². The second-order valence-electron chi connectivity index (χ2n) is 7.48. The predicted molar refractivity (Wildman–Crippen MR) is 114 cm³/mol. The number of hydrogen-bond donors (Lipinski definition) is 2. The van der Waals surface area contributed by atoms with Gasteiger partial charge in [0.05, 0.1) is 31.5 Å². The third-order valence-corrected chi connectivity index (χ3v) is 5.86. The SMILES string of the molecule is Cc1cnc(N2CCN(C(=O)CCOC[C@H](C)Nc3cn[nH]c(=O)c3C(F)(F)F)CC2)s1. The first kappa shape index (κ1) is 24.0. The van der Waals surface area contributed by atoms with Gasteiger partial charge in [0.25, 0.3) is 5.56 Å². The van der Waals surface area contributed by atoms with Gasteiger partial charge in [-0.25, -0.2) is 10.1 Å². The van der Waals surface area contributed by atoms with Gasteiger partial charge in [-0.05, 0) is 13.8 Å². The first-order valence-corrected chi connectivity index (χ1v) is 10.9. The first-order valence-electron chi connectivity index (χ1n) is 10.1. The van der Waals surface area contributed by atoms with Crippen molar-refractivity contribution in [1.82, 2.24) is 20.1 Å². The summed E-state index contributed by atoms with van der Waals surface area (Å²) < 4.78 is 44.7. The summed E-state index contributed by atoms with van der Waals surface area (Å²) in [4.78, 5) is 33.3. The third-order valence-electron chi connectivity index (χ3n) is 4.88. The van der Waals surface area contributed by atoms with Crippen LogP contribution >= 0.6 is 11.3 Å². The van der Waals surface area contributed by atoms with Crippen molar-refractivity contribution < 1.29 is 22.7 Å². The van der Waals surface area contributed by atoms with Crippen molar-refractivity contribution in [3.63, 3.8) is 0 Å². The second kappa shape index (κ2) is 10.3. The minimum Gasteiger partial charge on any atom is -0.379 e. The van der Waals surface area contributed by atoms with Gasteiger partial charge in [0, 0.05) is 43.3 Å². The number of nitrogens with one attached hydrogen (secondary N) is 2. The van der Waals surface area contributed by atoms with Gasteiger partial charge in [0.15, 0.2) is 5.13 Å². The highest BCUT2D eigenvalue weighted by molar-refractivity contribution is 7.15. The molecule has 1 fully saturated rings. The number of piperazine rings is 1. The molecule has 32 heavy (non-hydrogen) atoms. The van der Waals surface area contributed by atoms with Crippen molar-refractivity contribution in [2.45, 2.75) is 32.5 Å². The zero-order valence-electron chi connectivity index (χ0n) is 17.7. The Morgan fingerprint density at radius 2 is 2.03 bits per heavy atom. The number of thiazole rings is 1. The van der Waals surface area contributed by atoms with E-state index in [0.717, 1.165) is 16.2 Å². The zero-order chi connectivity index (χ0) is 23.3. The molecule has 1 aliphatic rings. The number of carbonyl (C=O) groups is 1. The number of hydrogen-bond acceptors (Lipinski definition) is 8. The van der Waals surface area contributed by atoms with E-state index >= 15 is 0 Å². The number of H-pyrrole nitrogens is 1. The van der Waals surface area contributed by atoms with Crippen LogP contribution in [0.1, 0.15) is 23.8 Å². The van der Waals surface area contributed by atoms with Gasteiger partial charge < -0.3 is 19.9 Å². The second-order valence-corrected chi connectivity index (χ2v) is 8.69. The normalized spacial score (nSPS) is 15.7. The van der Waals surface area contributed by atoms with E-state index in [-0.39, 0.29) is 25.5 Å². The summed E-state index contributed by atoms with van der Waals surface area (Å²) in [6.07, 6.45) is -1.88. The number of aromatic nitrogens is 3. The van der Waals surface area contributed by atoms with Crippen LogP contribution in [0.25, 0.3) is 0 Å². The molecule has 1 saturated heterocycles. The van der Waals surface area contributed by atoms with E-state index in [2.05, 4.69) is 20.3 Å². The fraction of sp³-hybridized carbons (Fsp3) is 0.579. The molecule has 9 nitrogen and oxygen atoms in total. The fourth-order valence-corrected chi connectivity index (χ4v) is 4.12. The smallest absolute Gasteiger partial charge is 0.379 e.